The molecule has 1 unspecified atom stereocenters. The number of nitrogens with one attached hydrogen (secondary N) is 1. The van der Waals surface area contributed by atoms with Gasteiger partial charge in [0, 0.05) is 44.1 Å². The first-order valence-corrected chi connectivity index (χ1v) is 12.4. The topological polar surface area (TPSA) is 68.1 Å². The van der Waals surface area contributed by atoms with E-state index < -0.39 is 0 Å². The van der Waals surface area contributed by atoms with Crippen molar-refractivity contribution in [1.29, 1.82) is 0 Å². The number of aromatic nitrogens is 2. The lowest BCUT2D eigenvalue weighted by molar-refractivity contribution is -0.0212. The summed E-state index contributed by atoms with van der Waals surface area (Å²) in [4.78, 5) is 19.7. The third-order valence-electron chi connectivity index (χ3n) is 6.41. The molecule has 4 aromatic rings. The average molecular weight is 485 g/mol. The zero-order valence-corrected chi connectivity index (χ0v) is 20.8. The Kier molecular flexibility index (Phi) is 7.30. The molecular formula is C29H32N4O3. The Labute approximate surface area is 211 Å². The summed E-state index contributed by atoms with van der Waals surface area (Å²) in [6.07, 6.45) is 4.22. The highest BCUT2D eigenvalue weighted by atomic mass is 16.5. The Morgan fingerprint density at radius 2 is 1.97 bits per heavy atom. The van der Waals surface area contributed by atoms with Crippen molar-refractivity contribution in [3.63, 3.8) is 0 Å². The predicted molar refractivity (Wildman–Crippen MR) is 139 cm³/mol. The molecule has 36 heavy (non-hydrogen) atoms. The van der Waals surface area contributed by atoms with Crippen molar-refractivity contribution >= 4 is 11.6 Å². The molecule has 1 amide bonds. The van der Waals surface area contributed by atoms with E-state index in [1.54, 1.807) is 12.1 Å². The molecule has 0 radical (unpaired) electrons. The summed E-state index contributed by atoms with van der Waals surface area (Å²) in [7, 11) is 0. The summed E-state index contributed by atoms with van der Waals surface area (Å²) in [6.45, 7) is 8.57. The van der Waals surface area contributed by atoms with Crippen molar-refractivity contribution in [1.82, 2.24) is 19.6 Å². The molecule has 0 spiro atoms. The number of benzene rings is 2. The maximum absolute atomic E-state index is 12.7. The molecule has 2 aromatic carbocycles. The van der Waals surface area contributed by atoms with Crippen LogP contribution in [0.4, 0.5) is 0 Å². The quantitative estimate of drug-likeness (QED) is 0.402. The molecule has 2 aromatic heterocycles. The van der Waals surface area contributed by atoms with Gasteiger partial charge in [0.1, 0.15) is 18.0 Å². The Hall–Kier alpha value is -3.68. The number of rotatable bonds is 8. The zero-order valence-electron chi connectivity index (χ0n) is 20.8. The fourth-order valence-electron chi connectivity index (χ4n) is 4.55. The summed E-state index contributed by atoms with van der Waals surface area (Å²) in [6, 6.07) is 19.7. The Morgan fingerprint density at radius 3 is 2.78 bits per heavy atom. The van der Waals surface area contributed by atoms with Crippen LogP contribution < -0.4 is 10.1 Å². The fraction of sp³-hybridized carbons (Fsp3) is 0.310. The molecular weight excluding hydrogens is 452 g/mol. The van der Waals surface area contributed by atoms with Crippen LogP contribution in [0.15, 0.2) is 73.1 Å². The first kappa shape index (κ1) is 24.0. The van der Waals surface area contributed by atoms with Crippen molar-refractivity contribution in [2.45, 2.75) is 39.6 Å². The lowest BCUT2D eigenvalue weighted by Crippen LogP contribution is -2.40. The summed E-state index contributed by atoms with van der Waals surface area (Å²) in [5, 5.41) is 3.02. The second-order valence-corrected chi connectivity index (χ2v) is 9.39. The van der Waals surface area contributed by atoms with Crippen LogP contribution in [-0.2, 0) is 24.4 Å². The molecule has 1 atom stereocenters. The number of ether oxygens (including phenoxy) is 2. The van der Waals surface area contributed by atoms with Crippen molar-refractivity contribution in [3.8, 4) is 5.75 Å². The number of carbonyl (C=O) groups is 1. The standard InChI is InChI=1S/C29H32N4O3/c1-21-5-4-12-33-19-26(31-28(21)33)20-36-27-10-8-25(9-11-27)29(34)30-16-23-6-3-7-24(15-23)18-32-13-14-35-22(2)17-32/h3-12,15,19,22H,13-14,16-18,20H2,1-2H3,(H,30,34). The van der Waals surface area contributed by atoms with Crippen LogP contribution in [-0.4, -0.2) is 46.0 Å². The SMILES string of the molecule is Cc1cccn2cc(COc3ccc(C(=O)NCc4cccc(CN5CCOC(C)C5)c4)cc3)nc12. The van der Waals surface area contributed by atoms with Gasteiger partial charge in [-0.3, -0.25) is 9.69 Å². The van der Waals surface area contributed by atoms with E-state index >= 15 is 0 Å². The van der Waals surface area contributed by atoms with E-state index in [1.807, 2.05) is 54.0 Å². The van der Waals surface area contributed by atoms with Gasteiger partial charge < -0.3 is 19.2 Å². The van der Waals surface area contributed by atoms with E-state index in [0.29, 0.717) is 24.5 Å². The van der Waals surface area contributed by atoms with Gasteiger partial charge >= 0.3 is 0 Å². The van der Waals surface area contributed by atoms with Crippen molar-refractivity contribution in [2.75, 3.05) is 19.7 Å². The molecule has 1 fully saturated rings. The Balaban J connectivity index is 1.12. The van der Waals surface area contributed by atoms with E-state index in [9.17, 15) is 4.79 Å². The highest BCUT2D eigenvalue weighted by Crippen LogP contribution is 2.16. The second kappa shape index (κ2) is 10.9. The van der Waals surface area contributed by atoms with Crippen LogP contribution in [0.1, 0.15) is 39.7 Å². The van der Waals surface area contributed by atoms with Crippen LogP contribution in [0.3, 0.4) is 0 Å². The van der Waals surface area contributed by atoms with E-state index in [4.69, 9.17) is 9.47 Å². The first-order chi connectivity index (χ1) is 17.5. The highest BCUT2D eigenvalue weighted by molar-refractivity contribution is 5.94. The number of morpholine rings is 1. The minimum atomic E-state index is -0.107. The minimum absolute atomic E-state index is 0.107. The Bertz CT molecular complexity index is 1330. The smallest absolute Gasteiger partial charge is 0.251 e. The van der Waals surface area contributed by atoms with Gasteiger partial charge in [0.2, 0.25) is 0 Å². The molecule has 0 bridgehead atoms. The maximum atomic E-state index is 12.7. The maximum Gasteiger partial charge on any atom is 0.251 e. The van der Waals surface area contributed by atoms with Gasteiger partial charge in [-0.15, -0.1) is 0 Å². The first-order valence-electron chi connectivity index (χ1n) is 12.4. The molecule has 0 saturated carbocycles. The van der Waals surface area contributed by atoms with Crippen LogP contribution in [0.5, 0.6) is 5.75 Å². The number of fused-ring (bicyclic) bond motifs is 1. The number of hydrogen-bond donors (Lipinski definition) is 1. The second-order valence-electron chi connectivity index (χ2n) is 9.39. The van der Waals surface area contributed by atoms with Crippen LogP contribution in [0, 0.1) is 6.92 Å². The monoisotopic (exact) mass is 484 g/mol. The number of hydrogen-bond acceptors (Lipinski definition) is 5. The molecule has 1 aliphatic rings. The van der Waals surface area contributed by atoms with E-state index in [0.717, 1.165) is 48.7 Å². The molecule has 7 heteroatoms. The van der Waals surface area contributed by atoms with Gasteiger partial charge in [0.15, 0.2) is 0 Å². The number of imidazole rings is 1. The molecule has 1 aliphatic heterocycles. The zero-order chi connectivity index (χ0) is 24.9. The number of carbonyl (C=O) groups excluding carboxylic acids is 1. The van der Waals surface area contributed by atoms with Gasteiger partial charge in [0.25, 0.3) is 5.91 Å². The average Bonchev–Trinajstić information content (AvgIpc) is 3.31. The van der Waals surface area contributed by atoms with Crippen LogP contribution in [0.2, 0.25) is 0 Å². The van der Waals surface area contributed by atoms with Crippen molar-refractivity contribution in [3.05, 3.63) is 101 Å². The fourth-order valence-corrected chi connectivity index (χ4v) is 4.55. The van der Waals surface area contributed by atoms with Gasteiger partial charge in [0.05, 0.1) is 18.4 Å². The molecule has 5 rings (SSSR count). The van der Waals surface area contributed by atoms with Crippen LogP contribution in [0.25, 0.3) is 5.65 Å². The number of aryl methyl sites for hydroxylation is 1. The van der Waals surface area contributed by atoms with E-state index in [1.165, 1.54) is 5.56 Å². The van der Waals surface area contributed by atoms with Gasteiger partial charge in [-0.25, -0.2) is 4.98 Å². The lowest BCUT2D eigenvalue weighted by Gasteiger charge is -2.31. The molecule has 1 saturated heterocycles. The van der Waals surface area contributed by atoms with Crippen molar-refractivity contribution < 1.29 is 14.3 Å². The summed E-state index contributed by atoms with van der Waals surface area (Å²) < 4.78 is 13.5. The van der Waals surface area contributed by atoms with Gasteiger partial charge in [-0.1, -0.05) is 30.3 Å². The molecule has 7 nitrogen and oxygen atoms in total. The molecule has 3 heterocycles. The lowest BCUT2D eigenvalue weighted by atomic mass is 10.1. The molecule has 1 N–H and O–H groups in total. The van der Waals surface area contributed by atoms with E-state index in [-0.39, 0.29) is 12.0 Å². The number of nitrogens with zero attached hydrogens (tertiary/aromatic N) is 3. The predicted octanol–water partition coefficient (Wildman–Crippen LogP) is 4.37. The third kappa shape index (κ3) is 5.93. The summed E-state index contributed by atoms with van der Waals surface area (Å²) in [5.41, 5.74) is 5.85. The van der Waals surface area contributed by atoms with Gasteiger partial charge in [-0.2, -0.15) is 0 Å². The number of pyridine rings is 1. The minimum Gasteiger partial charge on any atom is -0.487 e. The Morgan fingerprint density at radius 1 is 1.14 bits per heavy atom. The van der Waals surface area contributed by atoms with Crippen molar-refractivity contribution in [2.24, 2.45) is 0 Å². The highest BCUT2D eigenvalue weighted by Gasteiger charge is 2.16. The molecule has 186 valence electrons. The normalized spacial score (nSPS) is 16.2. The summed E-state index contributed by atoms with van der Waals surface area (Å²) in [5.74, 6) is 0.593. The van der Waals surface area contributed by atoms with Crippen LogP contribution >= 0.6 is 0 Å². The summed E-state index contributed by atoms with van der Waals surface area (Å²) >= 11 is 0. The van der Waals surface area contributed by atoms with E-state index in [2.05, 4.69) is 40.3 Å². The largest absolute Gasteiger partial charge is 0.487 e. The molecule has 0 aliphatic carbocycles. The number of amides is 1. The third-order valence-corrected chi connectivity index (χ3v) is 6.41. The van der Waals surface area contributed by atoms with Gasteiger partial charge in [-0.05, 0) is 60.9 Å².